The van der Waals surface area contributed by atoms with Crippen LogP contribution in [0.4, 0.5) is 0 Å². The van der Waals surface area contributed by atoms with Crippen LogP contribution in [0.1, 0.15) is 12.8 Å². The summed E-state index contributed by atoms with van der Waals surface area (Å²) in [6.07, 6.45) is -0.542. The Bertz CT molecular complexity index is 243. The molecule has 0 amide bonds. The normalized spacial score (nSPS) is 24.6. The van der Waals surface area contributed by atoms with E-state index < -0.39 is 21.1 Å². The van der Waals surface area contributed by atoms with Crippen molar-refractivity contribution < 1.29 is 18.3 Å². The van der Waals surface area contributed by atoms with Gasteiger partial charge >= 0.3 is 0 Å². The van der Waals surface area contributed by atoms with Crippen molar-refractivity contribution in [3.05, 3.63) is 0 Å². The summed E-state index contributed by atoms with van der Waals surface area (Å²) in [5.74, 6) is 0. The molecular formula is C5H11NO4S. The van der Waals surface area contributed by atoms with Crippen molar-refractivity contribution in [3.8, 4) is 0 Å². The van der Waals surface area contributed by atoms with Gasteiger partial charge in [-0.05, 0) is 12.8 Å². The number of rotatable bonds is 3. The van der Waals surface area contributed by atoms with Crippen LogP contribution in [-0.2, 0) is 14.8 Å². The fourth-order valence-electron chi connectivity index (χ4n) is 1.01. The Kier molecular flexibility index (Phi) is 1.96. The quantitative estimate of drug-likeness (QED) is 0.533. The highest BCUT2D eigenvalue weighted by molar-refractivity contribution is 7.90. The summed E-state index contributed by atoms with van der Waals surface area (Å²) in [5, 5.41) is 14.0. The maximum Gasteiger partial charge on any atom is 0.219 e. The summed E-state index contributed by atoms with van der Waals surface area (Å²) in [7, 11) is -2.43. The van der Waals surface area contributed by atoms with Crippen molar-refractivity contribution in [1.82, 2.24) is 0 Å². The van der Waals surface area contributed by atoms with E-state index in [1.165, 1.54) is 7.11 Å². The minimum atomic E-state index is -3.68. The van der Waals surface area contributed by atoms with Gasteiger partial charge in [-0.1, -0.05) is 0 Å². The first-order chi connectivity index (χ1) is 4.94. The Morgan fingerprint density at radius 1 is 1.64 bits per heavy atom. The number of methoxy groups -OCH3 is 1. The minimum absolute atomic E-state index is 0.376. The first kappa shape index (κ1) is 8.92. The highest BCUT2D eigenvalue weighted by Crippen LogP contribution is 2.45. The Balaban J connectivity index is 2.85. The van der Waals surface area contributed by atoms with Gasteiger partial charge in [-0.3, -0.25) is 0 Å². The van der Waals surface area contributed by atoms with Crippen molar-refractivity contribution in [3.63, 3.8) is 0 Å². The molecule has 3 N–H and O–H groups in total. The first-order valence-corrected chi connectivity index (χ1v) is 4.72. The molecule has 1 aliphatic rings. The summed E-state index contributed by atoms with van der Waals surface area (Å²) in [6, 6.07) is 0. The number of hydrogen-bond donors (Lipinski definition) is 2. The zero-order chi connectivity index (χ0) is 8.70. The van der Waals surface area contributed by atoms with Crippen molar-refractivity contribution in [2.45, 2.75) is 23.9 Å². The highest BCUT2D eigenvalue weighted by Gasteiger charge is 2.59. The van der Waals surface area contributed by atoms with Crippen molar-refractivity contribution >= 4 is 10.0 Å². The molecule has 1 unspecified atom stereocenters. The summed E-state index contributed by atoms with van der Waals surface area (Å²) in [6.45, 7) is 0. The van der Waals surface area contributed by atoms with Gasteiger partial charge in [0.1, 0.15) is 4.75 Å². The largest absolute Gasteiger partial charge is 0.367 e. The van der Waals surface area contributed by atoms with Gasteiger partial charge in [0.2, 0.25) is 10.0 Å². The fourth-order valence-corrected chi connectivity index (χ4v) is 2.06. The second-order valence-corrected chi connectivity index (χ2v) is 4.60. The van der Waals surface area contributed by atoms with Gasteiger partial charge in [-0.15, -0.1) is 0 Å². The lowest BCUT2D eigenvalue weighted by atomic mass is 10.4. The fraction of sp³-hybridized carbons (Fsp3) is 1.00. The molecule has 6 heteroatoms. The second-order valence-electron chi connectivity index (χ2n) is 2.70. The van der Waals surface area contributed by atoms with Crippen molar-refractivity contribution in [2.75, 3.05) is 7.11 Å². The average molecular weight is 181 g/mol. The number of sulfonamides is 1. The minimum Gasteiger partial charge on any atom is -0.367 e. The zero-order valence-corrected chi connectivity index (χ0v) is 6.97. The molecule has 0 saturated heterocycles. The number of primary sulfonamides is 1. The predicted molar refractivity (Wildman–Crippen MR) is 38.1 cm³/mol. The smallest absolute Gasteiger partial charge is 0.219 e. The maximum atomic E-state index is 10.9. The molecule has 1 aliphatic carbocycles. The Morgan fingerprint density at radius 3 is 2.18 bits per heavy atom. The van der Waals surface area contributed by atoms with E-state index in [1.807, 2.05) is 0 Å². The van der Waals surface area contributed by atoms with E-state index in [1.54, 1.807) is 0 Å². The lowest BCUT2D eigenvalue weighted by Crippen LogP contribution is -2.41. The van der Waals surface area contributed by atoms with Crippen LogP contribution in [0.2, 0.25) is 0 Å². The highest BCUT2D eigenvalue weighted by atomic mass is 32.2. The first-order valence-electron chi connectivity index (χ1n) is 3.17. The standard InChI is InChI=1S/C5H11NO4S/c1-10-4(7)5(2-3-5)11(6,8)9/h4,7H,2-3H2,1H3,(H2,6,8,9). The molecule has 0 aromatic rings. The lowest BCUT2D eigenvalue weighted by molar-refractivity contribution is -0.0807. The zero-order valence-electron chi connectivity index (χ0n) is 6.15. The van der Waals surface area contributed by atoms with E-state index >= 15 is 0 Å². The van der Waals surface area contributed by atoms with E-state index in [0.717, 1.165) is 0 Å². The van der Waals surface area contributed by atoms with Crippen LogP contribution < -0.4 is 5.14 Å². The topological polar surface area (TPSA) is 89.6 Å². The van der Waals surface area contributed by atoms with Crippen LogP contribution in [-0.4, -0.2) is 31.7 Å². The molecule has 1 atom stereocenters. The summed E-state index contributed by atoms with van der Waals surface area (Å²) in [5.41, 5.74) is 0. The molecule has 1 fully saturated rings. The number of aliphatic hydroxyl groups excluding tert-OH is 1. The Hall–Kier alpha value is -0.170. The van der Waals surface area contributed by atoms with Crippen LogP contribution in [0.5, 0.6) is 0 Å². The Labute approximate surface area is 65.2 Å². The maximum absolute atomic E-state index is 10.9. The van der Waals surface area contributed by atoms with Gasteiger partial charge in [0.05, 0.1) is 0 Å². The van der Waals surface area contributed by atoms with Crippen LogP contribution in [0.3, 0.4) is 0 Å². The molecule has 5 nitrogen and oxygen atoms in total. The molecule has 11 heavy (non-hydrogen) atoms. The summed E-state index contributed by atoms with van der Waals surface area (Å²) >= 11 is 0. The molecule has 0 heterocycles. The number of nitrogens with two attached hydrogens (primary N) is 1. The van der Waals surface area contributed by atoms with Gasteiger partial charge in [0.15, 0.2) is 6.29 Å². The Morgan fingerprint density at radius 2 is 2.09 bits per heavy atom. The number of hydrogen-bond acceptors (Lipinski definition) is 4. The van der Waals surface area contributed by atoms with Crippen LogP contribution in [0.15, 0.2) is 0 Å². The van der Waals surface area contributed by atoms with E-state index in [9.17, 15) is 8.42 Å². The van der Waals surface area contributed by atoms with Gasteiger partial charge < -0.3 is 9.84 Å². The SMILES string of the molecule is COC(O)C1(S(N)(=O)=O)CC1. The molecule has 0 aliphatic heterocycles. The van der Waals surface area contributed by atoms with Gasteiger partial charge in [0.25, 0.3) is 0 Å². The predicted octanol–water partition coefficient (Wildman–Crippen LogP) is -1.23. The third kappa shape index (κ3) is 1.26. The van der Waals surface area contributed by atoms with Gasteiger partial charge in [-0.25, -0.2) is 13.6 Å². The van der Waals surface area contributed by atoms with Gasteiger partial charge in [-0.2, -0.15) is 0 Å². The molecule has 0 bridgehead atoms. The molecular weight excluding hydrogens is 170 g/mol. The second kappa shape index (κ2) is 2.41. The number of ether oxygens (including phenoxy) is 1. The lowest BCUT2D eigenvalue weighted by Gasteiger charge is -2.17. The van der Waals surface area contributed by atoms with E-state index in [4.69, 9.17) is 10.2 Å². The average Bonchev–Trinajstić information content (AvgIpc) is 2.63. The summed E-state index contributed by atoms with van der Waals surface area (Å²) < 4.78 is 25.0. The molecule has 0 aromatic heterocycles. The van der Waals surface area contributed by atoms with Gasteiger partial charge in [0, 0.05) is 7.11 Å². The van der Waals surface area contributed by atoms with Crippen molar-refractivity contribution in [2.24, 2.45) is 5.14 Å². The summed E-state index contributed by atoms with van der Waals surface area (Å²) in [4.78, 5) is 0. The molecule has 66 valence electrons. The third-order valence-electron chi connectivity index (χ3n) is 1.98. The van der Waals surface area contributed by atoms with Crippen LogP contribution in [0.25, 0.3) is 0 Å². The molecule has 0 radical (unpaired) electrons. The molecule has 0 aromatic carbocycles. The molecule has 1 rings (SSSR count). The monoisotopic (exact) mass is 181 g/mol. The van der Waals surface area contributed by atoms with E-state index in [0.29, 0.717) is 12.8 Å². The van der Waals surface area contributed by atoms with Crippen molar-refractivity contribution in [1.29, 1.82) is 0 Å². The van der Waals surface area contributed by atoms with Crippen LogP contribution >= 0.6 is 0 Å². The molecule has 0 spiro atoms. The number of aliphatic hydroxyl groups is 1. The third-order valence-corrected chi connectivity index (χ3v) is 3.73. The van der Waals surface area contributed by atoms with Crippen LogP contribution in [0, 0.1) is 0 Å². The van der Waals surface area contributed by atoms with E-state index in [2.05, 4.69) is 4.74 Å². The molecule has 1 saturated carbocycles. The van der Waals surface area contributed by atoms with E-state index in [-0.39, 0.29) is 0 Å².